The smallest absolute Gasteiger partial charge is 0.326 e. The first-order chi connectivity index (χ1) is 19.2. The standard InChI is InChI=1S/C27H41N5O9/c1-15(2)12-20(30-24(37)19(29-16(3)33)6-4-5-11-28)25(38)31-21(13-17-7-9-18(34)10-8-17)26(39)32-22(27(40)41)14-23(35)36/h7-10,15,19-22,34H,4-6,11-14,28H2,1-3H3,(H,29,33)(H,30,37)(H,31,38)(H,32,39)(H,35,36)(H,40,41)/t19-,20-,21-,22-/m0/s1. The Labute approximate surface area is 238 Å². The van der Waals surface area contributed by atoms with E-state index >= 15 is 0 Å². The van der Waals surface area contributed by atoms with Crippen LogP contribution in [0.15, 0.2) is 24.3 Å². The SMILES string of the molecule is CC(=O)N[C@@H](CCCCN)C(=O)N[C@@H](CC(C)C)C(=O)N[C@@H](Cc1ccc(O)cc1)C(=O)N[C@@H](CC(=O)O)C(=O)O. The Morgan fingerprint density at radius 2 is 1.32 bits per heavy atom. The van der Waals surface area contributed by atoms with Gasteiger partial charge in [-0.2, -0.15) is 0 Å². The van der Waals surface area contributed by atoms with Crippen molar-refractivity contribution >= 4 is 35.6 Å². The van der Waals surface area contributed by atoms with Crippen LogP contribution in [0, 0.1) is 5.92 Å². The Hall–Kier alpha value is -4.20. The predicted molar refractivity (Wildman–Crippen MR) is 147 cm³/mol. The third-order valence-corrected chi connectivity index (χ3v) is 5.98. The summed E-state index contributed by atoms with van der Waals surface area (Å²) in [4.78, 5) is 73.9. The predicted octanol–water partition coefficient (Wildman–Crippen LogP) is -0.372. The zero-order valence-electron chi connectivity index (χ0n) is 23.5. The summed E-state index contributed by atoms with van der Waals surface area (Å²) >= 11 is 0. The van der Waals surface area contributed by atoms with Crippen LogP contribution in [-0.2, 0) is 35.2 Å². The molecule has 14 nitrogen and oxygen atoms in total. The van der Waals surface area contributed by atoms with Gasteiger partial charge in [0.2, 0.25) is 23.6 Å². The number of aromatic hydroxyl groups is 1. The molecule has 0 aliphatic rings. The minimum atomic E-state index is -1.75. The molecule has 0 saturated heterocycles. The Morgan fingerprint density at radius 1 is 0.780 bits per heavy atom. The fraction of sp³-hybridized carbons (Fsp3) is 0.556. The maximum Gasteiger partial charge on any atom is 0.326 e. The Kier molecular flexibility index (Phi) is 14.8. The Balaban J connectivity index is 3.22. The van der Waals surface area contributed by atoms with Crippen molar-refractivity contribution < 1.29 is 44.1 Å². The van der Waals surface area contributed by atoms with Gasteiger partial charge >= 0.3 is 11.9 Å². The average Bonchev–Trinajstić information content (AvgIpc) is 2.87. The van der Waals surface area contributed by atoms with Gasteiger partial charge < -0.3 is 42.3 Å². The van der Waals surface area contributed by atoms with Crippen LogP contribution in [-0.4, -0.2) is 81.6 Å². The van der Waals surface area contributed by atoms with Gasteiger partial charge in [-0.15, -0.1) is 0 Å². The van der Waals surface area contributed by atoms with Crippen molar-refractivity contribution in [1.82, 2.24) is 21.3 Å². The summed E-state index contributed by atoms with van der Waals surface area (Å²) in [5.74, 6) is -5.83. The summed E-state index contributed by atoms with van der Waals surface area (Å²) in [6.45, 7) is 5.32. The molecule has 4 atom stereocenters. The van der Waals surface area contributed by atoms with Crippen molar-refractivity contribution in [3.63, 3.8) is 0 Å². The van der Waals surface area contributed by atoms with E-state index in [1.54, 1.807) is 0 Å². The van der Waals surface area contributed by atoms with E-state index in [4.69, 9.17) is 10.8 Å². The van der Waals surface area contributed by atoms with Crippen molar-refractivity contribution in [2.24, 2.45) is 11.7 Å². The van der Waals surface area contributed by atoms with E-state index in [0.717, 1.165) is 0 Å². The molecule has 4 amide bonds. The molecule has 0 aromatic heterocycles. The van der Waals surface area contributed by atoms with E-state index in [1.807, 2.05) is 13.8 Å². The summed E-state index contributed by atoms with van der Waals surface area (Å²) in [5, 5.41) is 37.9. The van der Waals surface area contributed by atoms with E-state index in [1.165, 1.54) is 31.2 Å². The number of nitrogens with two attached hydrogens (primary N) is 1. The second kappa shape index (κ2) is 17.5. The van der Waals surface area contributed by atoms with E-state index < -0.39 is 66.2 Å². The second-order valence-electron chi connectivity index (χ2n) is 10.2. The molecule has 0 fully saturated rings. The first-order valence-corrected chi connectivity index (χ1v) is 13.3. The lowest BCUT2D eigenvalue weighted by Gasteiger charge is -2.27. The Bertz CT molecular complexity index is 1060. The second-order valence-corrected chi connectivity index (χ2v) is 10.2. The molecule has 0 heterocycles. The molecule has 0 saturated carbocycles. The number of carbonyl (C=O) groups excluding carboxylic acids is 4. The van der Waals surface area contributed by atoms with Crippen LogP contribution in [0.2, 0.25) is 0 Å². The lowest BCUT2D eigenvalue weighted by atomic mass is 10.00. The number of hydrogen-bond acceptors (Lipinski definition) is 8. The van der Waals surface area contributed by atoms with Crippen molar-refractivity contribution in [3.8, 4) is 5.75 Å². The first-order valence-electron chi connectivity index (χ1n) is 13.3. The van der Waals surface area contributed by atoms with Crippen LogP contribution in [0.3, 0.4) is 0 Å². The number of carbonyl (C=O) groups is 6. The lowest BCUT2D eigenvalue weighted by Crippen LogP contribution is -2.58. The number of benzene rings is 1. The fourth-order valence-corrected chi connectivity index (χ4v) is 3.98. The summed E-state index contributed by atoms with van der Waals surface area (Å²) in [6.07, 6.45) is 0.648. The van der Waals surface area contributed by atoms with Gasteiger partial charge in [0.1, 0.15) is 29.9 Å². The summed E-state index contributed by atoms with van der Waals surface area (Å²) in [5.41, 5.74) is 6.03. The number of amides is 4. The minimum Gasteiger partial charge on any atom is -0.508 e. The molecule has 14 heteroatoms. The quantitative estimate of drug-likeness (QED) is 0.105. The van der Waals surface area contributed by atoms with Crippen LogP contribution in [0.4, 0.5) is 0 Å². The minimum absolute atomic E-state index is 0.0360. The highest BCUT2D eigenvalue weighted by Crippen LogP contribution is 2.13. The monoisotopic (exact) mass is 579 g/mol. The average molecular weight is 580 g/mol. The summed E-state index contributed by atoms with van der Waals surface area (Å²) < 4.78 is 0. The van der Waals surface area contributed by atoms with Crippen molar-refractivity contribution in [2.75, 3.05) is 6.54 Å². The van der Waals surface area contributed by atoms with Crippen LogP contribution in [0.1, 0.15) is 58.4 Å². The molecule has 0 bridgehead atoms. The number of carboxylic acid groups (broad SMARTS) is 2. The van der Waals surface area contributed by atoms with Crippen LogP contribution in [0.25, 0.3) is 0 Å². The molecular weight excluding hydrogens is 538 g/mol. The maximum absolute atomic E-state index is 13.4. The van der Waals surface area contributed by atoms with Gasteiger partial charge in [0.05, 0.1) is 6.42 Å². The number of carboxylic acids is 2. The molecule has 1 aromatic carbocycles. The topological polar surface area (TPSA) is 237 Å². The molecule has 0 unspecified atom stereocenters. The van der Waals surface area contributed by atoms with Gasteiger partial charge in [-0.05, 0) is 55.8 Å². The molecule has 0 spiro atoms. The van der Waals surface area contributed by atoms with Crippen LogP contribution in [0.5, 0.6) is 5.75 Å². The first kappa shape index (κ1) is 34.8. The Morgan fingerprint density at radius 3 is 1.83 bits per heavy atom. The molecule has 0 radical (unpaired) electrons. The number of unbranched alkanes of at least 4 members (excludes halogenated alkanes) is 1. The van der Waals surface area contributed by atoms with Gasteiger partial charge in [0.15, 0.2) is 0 Å². The third kappa shape index (κ3) is 13.6. The fourth-order valence-electron chi connectivity index (χ4n) is 3.98. The number of aliphatic carboxylic acids is 2. The molecule has 1 rings (SSSR count). The number of hydrogen-bond donors (Lipinski definition) is 8. The normalized spacial score (nSPS) is 13.8. The van der Waals surface area contributed by atoms with Gasteiger partial charge in [-0.3, -0.25) is 24.0 Å². The number of phenolic OH excluding ortho intramolecular Hbond substituents is 1. The zero-order chi connectivity index (χ0) is 31.1. The molecule has 1 aromatic rings. The van der Waals surface area contributed by atoms with E-state index in [2.05, 4.69) is 21.3 Å². The van der Waals surface area contributed by atoms with Gasteiger partial charge in [0.25, 0.3) is 0 Å². The molecule has 0 aliphatic heterocycles. The highest BCUT2D eigenvalue weighted by Gasteiger charge is 2.32. The van der Waals surface area contributed by atoms with Gasteiger partial charge in [-0.25, -0.2) is 4.79 Å². The third-order valence-electron chi connectivity index (χ3n) is 5.98. The highest BCUT2D eigenvalue weighted by atomic mass is 16.4. The summed E-state index contributed by atoms with van der Waals surface area (Å²) in [7, 11) is 0. The van der Waals surface area contributed by atoms with Crippen LogP contribution >= 0.6 is 0 Å². The largest absolute Gasteiger partial charge is 0.508 e. The lowest BCUT2D eigenvalue weighted by molar-refractivity contribution is -0.147. The van der Waals surface area contributed by atoms with Crippen molar-refractivity contribution in [3.05, 3.63) is 29.8 Å². The molecule has 9 N–H and O–H groups in total. The zero-order valence-corrected chi connectivity index (χ0v) is 23.5. The highest BCUT2D eigenvalue weighted by molar-refractivity contribution is 5.95. The number of rotatable bonds is 18. The van der Waals surface area contributed by atoms with Crippen LogP contribution < -0.4 is 27.0 Å². The summed E-state index contributed by atoms with van der Waals surface area (Å²) in [6, 6.07) is 0.599. The number of phenols is 1. The van der Waals surface area contributed by atoms with Gasteiger partial charge in [0, 0.05) is 13.3 Å². The number of nitrogens with one attached hydrogen (secondary N) is 4. The van der Waals surface area contributed by atoms with E-state index in [9.17, 15) is 39.0 Å². The molecule has 228 valence electrons. The maximum atomic E-state index is 13.4. The van der Waals surface area contributed by atoms with E-state index in [-0.39, 0.29) is 24.5 Å². The molecule has 41 heavy (non-hydrogen) atoms. The van der Waals surface area contributed by atoms with Crippen molar-refractivity contribution in [2.45, 2.75) is 83.5 Å². The van der Waals surface area contributed by atoms with Gasteiger partial charge in [-0.1, -0.05) is 26.0 Å². The van der Waals surface area contributed by atoms with Crippen molar-refractivity contribution in [1.29, 1.82) is 0 Å². The molecule has 0 aliphatic carbocycles. The van der Waals surface area contributed by atoms with E-state index in [0.29, 0.717) is 31.4 Å². The molecular formula is C27H41N5O9.